The van der Waals surface area contributed by atoms with Gasteiger partial charge in [0.25, 0.3) is 0 Å². The van der Waals surface area contributed by atoms with Gasteiger partial charge in [-0.05, 0) is 23.7 Å². The molecule has 0 aromatic carbocycles. The second-order valence-corrected chi connectivity index (χ2v) is 6.42. The van der Waals surface area contributed by atoms with Crippen LogP contribution < -0.4 is 0 Å². The fourth-order valence-electron chi connectivity index (χ4n) is 3.18. The lowest BCUT2D eigenvalue weighted by atomic mass is 9.65. The fraction of sp³-hybridized carbons (Fsp3) is 0.857. The van der Waals surface area contributed by atoms with Crippen LogP contribution in [0.5, 0.6) is 0 Å². The van der Waals surface area contributed by atoms with Crippen molar-refractivity contribution in [3.8, 4) is 0 Å². The molecule has 0 N–H and O–H groups in total. The summed E-state index contributed by atoms with van der Waals surface area (Å²) in [7, 11) is 0. The number of Topliss-reactive ketones (excluding diaryl/α,β-unsaturated/α-hetero) is 2. The minimum atomic E-state index is -0.333. The molecule has 0 heterocycles. The highest BCUT2D eigenvalue weighted by Crippen LogP contribution is 2.41. The van der Waals surface area contributed by atoms with Gasteiger partial charge in [-0.3, -0.25) is 9.59 Å². The summed E-state index contributed by atoms with van der Waals surface area (Å²) in [5.41, 5.74) is -0.0896. The molecule has 0 bridgehead atoms. The molecule has 0 saturated heterocycles. The van der Waals surface area contributed by atoms with E-state index in [4.69, 9.17) is 0 Å². The third-order valence-electron chi connectivity index (χ3n) is 3.46. The first kappa shape index (κ1) is 13.4. The second kappa shape index (κ2) is 4.68. The second-order valence-electron chi connectivity index (χ2n) is 6.42. The normalized spacial score (nSPS) is 31.6. The number of carbonyl (C=O) groups is 2. The highest BCUT2D eigenvalue weighted by atomic mass is 16.2. The smallest absolute Gasteiger partial charge is 0.144 e. The average Bonchev–Trinajstić information content (AvgIpc) is 1.96. The molecule has 0 unspecified atom stereocenters. The molecule has 2 heteroatoms. The van der Waals surface area contributed by atoms with Crippen LogP contribution in [0, 0.1) is 23.2 Å². The number of hydrogen-bond donors (Lipinski definition) is 0. The molecule has 0 amide bonds. The van der Waals surface area contributed by atoms with Crippen molar-refractivity contribution in [3.63, 3.8) is 0 Å². The van der Waals surface area contributed by atoms with Gasteiger partial charge in [0.2, 0.25) is 0 Å². The molecule has 1 saturated carbocycles. The van der Waals surface area contributed by atoms with Crippen molar-refractivity contribution < 1.29 is 9.59 Å². The third-order valence-corrected chi connectivity index (χ3v) is 3.46. The van der Waals surface area contributed by atoms with E-state index in [1.165, 1.54) is 0 Å². The standard InChI is InChI=1S/C14H24O2/c1-9(2)6-14(5)7-11(15)13(10(3)4)12(16)8-14/h9-10,13H,6-8H2,1-5H3. The molecular weight excluding hydrogens is 200 g/mol. The SMILES string of the molecule is CC(C)CC1(C)CC(=O)C(C(C)C)C(=O)C1. The van der Waals surface area contributed by atoms with E-state index in [9.17, 15) is 9.59 Å². The van der Waals surface area contributed by atoms with Crippen LogP contribution in [0.3, 0.4) is 0 Å². The quantitative estimate of drug-likeness (QED) is 0.690. The van der Waals surface area contributed by atoms with Gasteiger partial charge in [-0.15, -0.1) is 0 Å². The van der Waals surface area contributed by atoms with Crippen LogP contribution in [0.25, 0.3) is 0 Å². The molecule has 0 radical (unpaired) electrons. The van der Waals surface area contributed by atoms with Crippen molar-refractivity contribution in [1.29, 1.82) is 0 Å². The van der Waals surface area contributed by atoms with Gasteiger partial charge in [0.05, 0.1) is 5.92 Å². The highest BCUT2D eigenvalue weighted by molar-refractivity contribution is 6.05. The first-order valence-electron chi connectivity index (χ1n) is 6.30. The number of hydrogen-bond acceptors (Lipinski definition) is 2. The molecule has 16 heavy (non-hydrogen) atoms. The molecule has 2 nitrogen and oxygen atoms in total. The molecule has 92 valence electrons. The molecule has 0 aromatic heterocycles. The Morgan fingerprint density at radius 2 is 1.56 bits per heavy atom. The van der Waals surface area contributed by atoms with Crippen LogP contribution in [0.15, 0.2) is 0 Å². The Morgan fingerprint density at radius 1 is 1.12 bits per heavy atom. The Hall–Kier alpha value is -0.660. The summed E-state index contributed by atoms with van der Waals surface area (Å²) in [5.74, 6) is 0.689. The Labute approximate surface area is 98.8 Å². The zero-order chi connectivity index (χ0) is 12.5. The molecule has 1 aliphatic rings. The molecular formula is C14H24O2. The van der Waals surface area contributed by atoms with Crippen molar-refractivity contribution in [2.24, 2.45) is 23.2 Å². The van der Waals surface area contributed by atoms with Gasteiger partial charge in [0.15, 0.2) is 0 Å². The first-order valence-corrected chi connectivity index (χ1v) is 6.30. The average molecular weight is 224 g/mol. The maximum atomic E-state index is 12.0. The Morgan fingerprint density at radius 3 is 1.88 bits per heavy atom. The summed E-state index contributed by atoms with van der Waals surface area (Å²) in [6, 6.07) is 0. The van der Waals surface area contributed by atoms with E-state index >= 15 is 0 Å². The van der Waals surface area contributed by atoms with E-state index < -0.39 is 0 Å². The molecule has 0 atom stereocenters. The van der Waals surface area contributed by atoms with Gasteiger partial charge in [-0.25, -0.2) is 0 Å². The number of ketones is 2. The van der Waals surface area contributed by atoms with Crippen molar-refractivity contribution in [2.75, 3.05) is 0 Å². The van der Waals surface area contributed by atoms with Crippen molar-refractivity contribution in [2.45, 2.75) is 53.9 Å². The third kappa shape index (κ3) is 2.93. The van der Waals surface area contributed by atoms with Crippen LogP contribution >= 0.6 is 0 Å². The lowest BCUT2D eigenvalue weighted by Gasteiger charge is -2.37. The van der Waals surface area contributed by atoms with E-state index in [0.717, 1.165) is 6.42 Å². The van der Waals surface area contributed by atoms with E-state index in [2.05, 4.69) is 20.8 Å². The summed E-state index contributed by atoms with van der Waals surface area (Å²) in [6.45, 7) is 10.3. The topological polar surface area (TPSA) is 34.1 Å². The lowest BCUT2D eigenvalue weighted by Crippen LogP contribution is -2.41. The summed E-state index contributed by atoms with van der Waals surface area (Å²) in [5, 5.41) is 0. The molecule has 0 spiro atoms. The zero-order valence-electron chi connectivity index (χ0n) is 11.2. The Bertz CT molecular complexity index is 271. The van der Waals surface area contributed by atoms with E-state index in [1.807, 2.05) is 13.8 Å². The maximum absolute atomic E-state index is 12.0. The van der Waals surface area contributed by atoms with E-state index in [0.29, 0.717) is 18.8 Å². The van der Waals surface area contributed by atoms with E-state index in [-0.39, 0.29) is 28.8 Å². The van der Waals surface area contributed by atoms with Crippen molar-refractivity contribution >= 4 is 11.6 Å². The summed E-state index contributed by atoms with van der Waals surface area (Å²) in [4.78, 5) is 24.0. The number of carbonyl (C=O) groups excluding carboxylic acids is 2. The van der Waals surface area contributed by atoms with Gasteiger partial charge < -0.3 is 0 Å². The Balaban J connectivity index is 2.80. The molecule has 1 fully saturated rings. The van der Waals surface area contributed by atoms with Crippen molar-refractivity contribution in [3.05, 3.63) is 0 Å². The lowest BCUT2D eigenvalue weighted by molar-refractivity contribution is -0.142. The maximum Gasteiger partial charge on any atom is 0.144 e. The van der Waals surface area contributed by atoms with Gasteiger partial charge >= 0.3 is 0 Å². The van der Waals surface area contributed by atoms with Gasteiger partial charge in [-0.2, -0.15) is 0 Å². The molecule has 0 aliphatic heterocycles. The van der Waals surface area contributed by atoms with Gasteiger partial charge in [-0.1, -0.05) is 34.6 Å². The molecule has 1 rings (SSSR count). The van der Waals surface area contributed by atoms with Crippen LogP contribution in [0.1, 0.15) is 53.9 Å². The zero-order valence-corrected chi connectivity index (χ0v) is 11.2. The fourth-order valence-corrected chi connectivity index (χ4v) is 3.18. The predicted molar refractivity (Wildman–Crippen MR) is 65.1 cm³/mol. The minimum absolute atomic E-state index is 0.0896. The number of rotatable bonds is 3. The largest absolute Gasteiger partial charge is 0.299 e. The summed E-state index contributed by atoms with van der Waals surface area (Å²) >= 11 is 0. The Kier molecular flexibility index (Phi) is 3.92. The molecule has 1 aliphatic carbocycles. The van der Waals surface area contributed by atoms with Crippen LogP contribution in [0.2, 0.25) is 0 Å². The van der Waals surface area contributed by atoms with Crippen LogP contribution in [0.4, 0.5) is 0 Å². The monoisotopic (exact) mass is 224 g/mol. The summed E-state index contributed by atoms with van der Waals surface area (Å²) in [6.07, 6.45) is 2.13. The van der Waals surface area contributed by atoms with Gasteiger partial charge in [0, 0.05) is 12.8 Å². The molecule has 0 aromatic rings. The first-order chi connectivity index (χ1) is 7.25. The minimum Gasteiger partial charge on any atom is -0.299 e. The van der Waals surface area contributed by atoms with Crippen LogP contribution in [-0.4, -0.2) is 11.6 Å². The predicted octanol–water partition coefficient (Wildman–Crippen LogP) is 3.24. The van der Waals surface area contributed by atoms with Crippen molar-refractivity contribution in [1.82, 2.24) is 0 Å². The summed E-state index contributed by atoms with van der Waals surface area (Å²) < 4.78 is 0. The van der Waals surface area contributed by atoms with E-state index in [1.54, 1.807) is 0 Å². The van der Waals surface area contributed by atoms with Gasteiger partial charge in [0.1, 0.15) is 11.6 Å². The van der Waals surface area contributed by atoms with Crippen LogP contribution in [-0.2, 0) is 9.59 Å². The highest BCUT2D eigenvalue weighted by Gasteiger charge is 2.43.